The lowest BCUT2D eigenvalue weighted by Crippen LogP contribution is -2.58. The second kappa shape index (κ2) is 3.56. The van der Waals surface area contributed by atoms with Gasteiger partial charge in [0.1, 0.15) is 6.04 Å². The van der Waals surface area contributed by atoms with E-state index in [1.165, 1.54) is 0 Å². The number of carbonyl (C=O) groups excluding carboxylic acids is 2. The summed E-state index contributed by atoms with van der Waals surface area (Å²) < 4.78 is 0. The minimum Gasteiger partial charge on any atom is -0.345 e. The number of piperazine rings is 1. The Kier molecular flexibility index (Phi) is 2.68. The number of rotatable bonds is 2. The Bertz CT molecular complexity index is 203. The molecule has 1 heterocycles. The molecular formula is C8H14N2O2. The Morgan fingerprint density at radius 1 is 1.58 bits per heavy atom. The molecule has 1 saturated heterocycles. The van der Waals surface area contributed by atoms with Crippen molar-refractivity contribution >= 4 is 11.8 Å². The number of hydrogen-bond donors (Lipinski definition) is 2. The summed E-state index contributed by atoms with van der Waals surface area (Å²) in [6.07, 6.45) is 0.887. The van der Waals surface area contributed by atoms with Gasteiger partial charge in [0.05, 0.1) is 6.54 Å². The molecule has 68 valence electrons. The van der Waals surface area contributed by atoms with Crippen LogP contribution in [0.3, 0.4) is 0 Å². The van der Waals surface area contributed by atoms with E-state index < -0.39 is 0 Å². The molecule has 1 fully saturated rings. The van der Waals surface area contributed by atoms with Gasteiger partial charge in [0.2, 0.25) is 11.8 Å². The van der Waals surface area contributed by atoms with Gasteiger partial charge in [-0.1, -0.05) is 20.3 Å². The smallest absolute Gasteiger partial charge is 0.243 e. The highest BCUT2D eigenvalue weighted by atomic mass is 16.2. The maximum absolute atomic E-state index is 11.2. The third-order valence-corrected chi connectivity index (χ3v) is 2.24. The number of amides is 2. The van der Waals surface area contributed by atoms with Gasteiger partial charge in [-0.15, -0.1) is 0 Å². The van der Waals surface area contributed by atoms with E-state index in [0.29, 0.717) is 0 Å². The molecule has 1 aliphatic rings. The Morgan fingerprint density at radius 2 is 2.25 bits per heavy atom. The van der Waals surface area contributed by atoms with Crippen molar-refractivity contribution in [2.75, 3.05) is 6.54 Å². The quantitative estimate of drug-likeness (QED) is 0.595. The van der Waals surface area contributed by atoms with Gasteiger partial charge in [-0.2, -0.15) is 0 Å². The summed E-state index contributed by atoms with van der Waals surface area (Å²) in [5.41, 5.74) is 0. The molecule has 0 radical (unpaired) electrons. The molecule has 1 aliphatic heterocycles. The van der Waals surface area contributed by atoms with Gasteiger partial charge in [0, 0.05) is 0 Å². The third-order valence-electron chi connectivity index (χ3n) is 2.24. The van der Waals surface area contributed by atoms with E-state index in [1.54, 1.807) is 0 Å². The lowest BCUT2D eigenvalue weighted by molar-refractivity contribution is -0.134. The number of nitrogens with one attached hydrogen (secondary N) is 2. The molecule has 0 saturated carbocycles. The van der Waals surface area contributed by atoms with Crippen LogP contribution in [-0.4, -0.2) is 24.4 Å². The van der Waals surface area contributed by atoms with Crippen LogP contribution in [0.2, 0.25) is 0 Å². The predicted molar refractivity (Wildman–Crippen MR) is 44.4 cm³/mol. The van der Waals surface area contributed by atoms with Crippen molar-refractivity contribution in [1.29, 1.82) is 0 Å². The van der Waals surface area contributed by atoms with Gasteiger partial charge in [-0.3, -0.25) is 9.59 Å². The van der Waals surface area contributed by atoms with Crippen molar-refractivity contribution in [3.8, 4) is 0 Å². The van der Waals surface area contributed by atoms with E-state index in [4.69, 9.17) is 0 Å². The van der Waals surface area contributed by atoms with E-state index in [9.17, 15) is 9.59 Å². The van der Waals surface area contributed by atoms with Crippen LogP contribution < -0.4 is 10.6 Å². The zero-order chi connectivity index (χ0) is 9.14. The molecule has 2 atom stereocenters. The molecule has 12 heavy (non-hydrogen) atoms. The number of hydrogen-bond acceptors (Lipinski definition) is 2. The lowest BCUT2D eigenvalue weighted by atomic mass is 9.97. The van der Waals surface area contributed by atoms with Crippen LogP contribution >= 0.6 is 0 Å². The van der Waals surface area contributed by atoms with Crippen molar-refractivity contribution < 1.29 is 9.59 Å². The zero-order valence-electron chi connectivity index (χ0n) is 7.39. The topological polar surface area (TPSA) is 58.2 Å². The third kappa shape index (κ3) is 1.75. The summed E-state index contributed by atoms with van der Waals surface area (Å²) in [4.78, 5) is 22.1. The van der Waals surface area contributed by atoms with Gasteiger partial charge in [0.25, 0.3) is 0 Å². The van der Waals surface area contributed by atoms with Crippen molar-refractivity contribution in [1.82, 2.24) is 10.6 Å². The number of carbonyl (C=O) groups is 2. The van der Waals surface area contributed by atoms with Crippen molar-refractivity contribution in [3.05, 3.63) is 0 Å². The normalized spacial score (nSPS) is 26.0. The average molecular weight is 170 g/mol. The van der Waals surface area contributed by atoms with Crippen LogP contribution in [0.5, 0.6) is 0 Å². The highest BCUT2D eigenvalue weighted by Crippen LogP contribution is 2.09. The summed E-state index contributed by atoms with van der Waals surface area (Å²) in [6, 6.07) is -0.337. The molecular weight excluding hydrogens is 156 g/mol. The highest BCUT2D eigenvalue weighted by Gasteiger charge is 2.29. The molecule has 2 amide bonds. The van der Waals surface area contributed by atoms with Crippen molar-refractivity contribution in [2.45, 2.75) is 26.3 Å². The summed E-state index contributed by atoms with van der Waals surface area (Å²) in [7, 11) is 0. The molecule has 2 N–H and O–H groups in total. The standard InChI is InChI=1S/C8H14N2O2/c1-3-5(2)7-8(12)9-4-6(11)10-7/h5,7H,3-4H2,1-2H3,(H,9,12)(H,10,11). The fourth-order valence-corrected chi connectivity index (χ4v) is 1.20. The molecule has 0 aliphatic carbocycles. The monoisotopic (exact) mass is 170 g/mol. The fraction of sp³-hybridized carbons (Fsp3) is 0.750. The summed E-state index contributed by atoms with van der Waals surface area (Å²) in [5, 5.41) is 5.21. The first-order valence-electron chi connectivity index (χ1n) is 4.22. The van der Waals surface area contributed by atoms with Gasteiger partial charge < -0.3 is 10.6 Å². The molecule has 0 spiro atoms. The lowest BCUT2D eigenvalue weighted by Gasteiger charge is -2.27. The van der Waals surface area contributed by atoms with E-state index in [2.05, 4.69) is 10.6 Å². The predicted octanol–water partition coefficient (Wildman–Crippen LogP) is -0.353. The van der Waals surface area contributed by atoms with Gasteiger partial charge in [-0.05, 0) is 5.92 Å². The van der Waals surface area contributed by atoms with Crippen LogP contribution in [-0.2, 0) is 9.59 Å². The van der Waals surface area contributed by atoms with Gasteiger partial charge >= 0.3 is 0 Å². The second-order valence-corrected chi connectivity index (χ2v) is 3.15. The first-order valence-corrected chi connectivity index (χ1v) is 4.22. The fourth-order valence-electron chi connectivity index (χ4n) is 1.20. The Balaban J connectivity index is 2.60. The Labute approximate surface area is 71.7 Å². The minimum atomic E-state index is -0.337. The summed E-state index contributed by atoms with van der Waals surface area (Å²) in [6.45, 7) is 4.07. The van der Waals surface area contributed by atoms with Gasteiger partial charge in [-0.25, -0.2) is 0 Å². The van der Waals surface area contributed by atoms with Crippen LogP contribution in [0.25, 0.3) is 0 Å². The van der Waals surface area contributed by atoms with E-state index in [-0.39, 0.29) is 30.3 Å². The van der Waals surface area contributed by atoms with Crippen LogP contribution in [0.15, 0.2) is 0 Å². The van der Waals surface area contributed by atoms with E-state index >= 15 is 0 Å². The first kappa shape index (κ1) is 9.03. The Hall–Kier alpha value is -1.06. The van der Waals surface area contributed by atoms with Crippen LogP contribution in [0, 0.1) is 5.92 Å². The van der Waals surface area contributed by atoms with E-state index in [1.807, 2.05) is 13.8 Å². The van der Waals surface area contributed by atoms with Crippen molar-refractivity contribution in [3.63, 3.8) is 0 Å². The second-order valence-electron chi connectivity index (χ2n) is 3.15. The maximum atomic E-state index is 11.2. The molecule has 1 rings (SSSR count). The van der Waals surface area contributed by atoms with Crippen LogP contribution in [0.4, 0.5) is 0 Å². The van der Waals surface area contributed by atoms with Gasteiger partial charge in [0.15, 0.2) is 0 Å². The average Bonchev–Trinajstić information content (AvgIpc) is 2.08. The Morgan fingerprint density at radius 3 is 2.83 bits per heavy atom. The molecule has 4 nitrogen and oxygen atoms in total. The summed E-state index contributed by atoms with van der Waals surface area (Å²) >= 11 is 0. The highest BCUT2D eigenvalue weighted by molar-refractivity contribution is 5.94. The molecule has 0 aromatic rings. The van der Waals surface area contributed by atoms with Crippen molar-refractivity contribution in [2.24, 2.45) is 5.92 Å². The molecule has 0 aromatic heterocycles. The molecule has 0 aromatic carbocycles. The maximum Gasteiger partial charge on any atom is 0.243 e. The first-order chi connectivity index (χ1) is 5.65. The van der Waals surface area contributed by atoms with Crippen LogP contribution in [0.1, 0.15) is 20.3 Å². The van der Waals surface area contributed by atoms with E-state index in [0.717, 1.165) is 6.42 Å². The summed E-state index contributed by atoms with van der Waals surface area (Å²) in [5.74, 6) is 0.0399. The largest absolute Gasteiger partial charge is 0.345 e. The molecule has 0 bridgehead atoms. The zero-order valence-corrected chi connectivity index (χ0v) is 7.39. The SMILES string of the molecule is CCC(C)C1NC(=O)CNC1=O. The molecule has 2 unspecified atom stereocenters. The molecule has 4 heteroatoms. The minimum absolute atomic E-state index is 0.0658.